The van der Waals surface area contributed by atoms with Crippen molar-refractivity contribution in [1.29, 1.82) is 0 Å². The predicted octanol–water partition coefficient (Wildman–Crippen LogP) is 3.40. The highest BCUT2D eigenvalue weighted by Crippen LogP contribution is 2.23. The number of carbonyl (C=O) groups is 1. The van der Waals surface area contributed by atoms with Gasteiger partial charge < -0.3 is 5.32 Å². The summed E-state index contributed by atoms with van der Waals surface area (Å²) in [7, 11) is 0. The van der Waals surface area contributed by atoms with Crippen LogP contribution in [-0.4, -0.2) is 24.3 Å². The summed E-state index contributed by atoms with van der Waals surface area (Å²) in [5.74, 6) is -6.61. The molecule has 1 aromatic rings. The molecule has 19 heavy (non-hydrogen) atoms. The Balaban J connectivity index is 2.58. The van der Waals surface area contributed by atoms with Crippen LogP contribution in [0.5, 0.6) is 0 Å². The second kappa shape index (κ2) is 6.36. The van der Waals surface area contributed by atoms with Crippen LogP contribution in [0.1, 0.15) is 12.5 Å². The number of nitrogens with one attached hydrogen (secondary N) is 1. The molecule has 0 saturated carbocycles. The molecule has 0 aliphatic heterocycles. The van der Waals surface area contributed by atoms with E-state index in [9.17, 15) is 22.4 Å². The zero-order valence-electron chi connectivity index (χ0n) is 9.97. The Morgan fingerprint density at radius 1 is 1.32 bits per heavy atom. The first-order chi connectivity index (χ1) is 8.73. The van der Waals surface area contributed by atoms with Crippen LogP contribution in [0.3, 0.4) is 0 Å². The Morgan fingerprint density at radius 3 is 2.32 bits per heavy atom. The summed E-state index contributed by atoms with van der Waals surface area (Å²) in [5.41, 5.74) is 0.802. The minimum absolute atomic E-state index is 0.276. The van der Waals surface area contributed by atoms with E-state index in [4.69, 9.17) is 0 Å². The second-order valence-corrected chi connectivity index (χ2v) is 5.04. The van der Waals surface area contributed by atoms with Gasteiger partial charge in [0.2, 0.25) is 0 Å². The number of amides is 1. The Bertz CT molecular complexity index is 436. The van der Waals surface area contributed by atoms with Crippen LogP contribution in [0.4, 0.5) is 17.6 Å². The molecule has 1 aromatic carbocycles. The van der Waals surface area contributed by atoms with E-state index < -0.39 is 24.3 Å². The van der Waals surface area contributed by atoms with Crippen molar-refractivity contribution >= 4 is 21.8 Å². The molecule has 1 atom stereocenters. The minimum atomic E-state index is -4.66. The highest BCUT2D eigenvalue weighted by Gasteiger charge is 2.49. The number of hydrogen-bond acceptors (Lipinski definition) is 1. The topological polar surface area (TPSA) is 29.1 Å². The van der Waals surface area contributed by atoms with E-state index >= 15 is 0 Å². The largest absolute Gasteiger partial charge is 0.383 e. The fourth-order valence-corrected chi connectivity index (χ4v) is 1.71. The standard InChI is InChI=1S/C12H12BrF4NO/c1-7(6-8-2-4-9(13)5-3-8)18-11(19)12(16,17)10(14)15/h2-5,7,10H,6H2,1H3,(H,18,19). The van der Waals surface area contributed by atoms with Gasteiger partial charge in [0.05, 0.1) is 0 Å². The lowest BCUT2D eigenvalue weighted by molar-refractivity contribution is -0.170. The number of benzene rings is 1. The molecule has 1 unspecified atom stereocenters. The van der Waals surface area contributed by atoms with Gasteiger partial charge in [-0.15, -0.1) is 0 Å². The number of alkyl halides is 4. The van der Waals surface area contributed by atoms with Crippen molar-refractivity contribution in [2.75, 3.05) is 0 Å². The maximum absolute atomic E-state index is 12.7. The zero-order valence-corrected chi connectivity index (χ0v) is 11.6. The lowest BCUT2D eigenvalue weighted by atomic mass is 10.1. The second-order valence-electron chi connectivity index (χ2n) is 4.13. The van der Waals surface area contributed by atoms with Gasteiger partial charge in [-0.3, -0.25) is 4.79 Å². The van der Waals surface area contributed by atoms with Crippen molar-refractivity contribution in [3.8, 4) is 0 Å². The SMILES string of the molecule is CC(Cc1ccc(Br)cc1)NC(=O)C(F)(F)C(F)F. The molecule has 1 rings (SSSR count). The van der Waals surface area contributed by atoms with Crippen molar-refractivity contribution in [2.24, 2.45) is 0 Å². The molecule has 1 amide bonds. The van der Waals surface area contributed by atoms with Crippen LogP contribution < -0.4 is 5.32 Å². The third-order valence-corrected chi connectivity index (χ3v) is 2.94. The van der Waals surface area contributed by atoms with Crippen LogP contribution in [-0.2, 0) is 11.2 Å². The highest BCUT2D eigenvalue weighted by molar-refractivity contribution is 9.10. The van der Waals surface area contributed by atoms with Crippen molar-refractivity contribution in [2.45, 2.75) is 31.7 Å². The van der Waals surface area contributed by atoms with E-state index in [0.717, 1.165) is 10.0 Å². The number of hydrogen-bond donors (Lipinski definition) is 1. The molecule has 0 saturated heterocycles. The first kappa shape index (κ1) is 15.9. The maximum atomic E-state index is 12.7. The average molecular weight is 342 g/mol. The molecule has 0 aromatic heterocycles. The fourth-order valence-electron chi connectivity index (χ4n) is 1.44. The molecule has 0 bridgehead atoms. The molecular weight excluding hydrogens is 330 g/mol. The van der Waals surface area contributed by atoms with Gasteiger partial charge in [0.25, 0.3) is 5.91 Å². The van der Waals surface area contributed by atoms with Crippen molar-refractivity contribution < 1.29 is 22.4 Å². The summed E-state index contributed by atoms with van der Waals surface area (Å²) in [4.78, 5) is 11.0. The Labute approximate surface area is 116 Å². The van der Waals surface area contributed by atoms with E-state index in [0.29, 0.717) is 0 Å². The van der Waals surface area contributed by atoms with Crippen LogP contribution in [0.2, 0.25) is 0 Å². The predicted molar refractivity (Wildman–Crippen MR) is 66.4 cm³/mol. The van der Waals surface area contributed by atoms with Gasteiger partial charge in [-0.05, 0) is 31.0 Å². The summed E-state index contributed by atoms with van der Waals surface area (Å²) >= 11 is 3.24. The molecule has 0 fully saturated rings. The molecule has 2 nitrogen and oxygen atoms in total. The monoisotopic (exact) mass is 341 g/mol. The maximum Gasteiger partial charge on any atom is 0.383 e. The first-order valence-electron chi connectivity index (χ1n) is 5.45. The highest BCUT2D eigenvalue weighted by atomic mass is 79.9. The Hall–Kier alpha value is -1.11. The summed E-state index contributed by atoms with van der Waals surface area (Å²) < 4.78 is 50.2. The lowest BCUT2D eigenvalue weighted by Gasteiger charge is -2.19. The molecule has 0 radical (unpaired) electrons. The molecule has 0 spiro atoms. The van der Waals surface area contributed by atoms with Crippen LogP contribution >= 0.6 is 15.9 Å². The zero-order chi connectivity index (χ0) is 14.6. The molecule has 0 aliphatic carbocycles. The number of halogens is 5. The summed E-state index contributed by atoms with van der Waals surface area (Å²) in [6.45, 7) is 1.47. The van der Waals surface area contributed by atoms with E-state index in [1.807, 2.05) is 5.32 Å². The van der Waals surface area contributed by atoms with E-state index in [1.54, 1.807) is 24.3 Å². The normalized spacial score (nSPS) is 13.4. The molecule has 0 heterocycles. The summed E-state index contributed by atoms with van der Waals surface area (Å²) in [6.07, 6.45) is -3.73. The van der Waals surface area contributed by atoms with E-state index in [-0.39, 0.29) is 6.42 Å². The van der Waals surface area contributed by atoms with Gasteiger partial charge in [0.1, 0.15) is 0 Å². The van der Waals surface area contributed by atoms with Gasteiger partial charge in [-0.1, -0.05) is 28.1 Å². The average Bonchev–Trinajstić information content (AvgIpc) is 2.31. The minimum Gasteiger partial charge on any atom is -0.348 e. The van der Waals surface area contributed by atoms with Gasteiger partial charge in [-0.25, -0.2) is 8.78 Å². The quantitative estimate of drug-likeness (QED) is 0.817. The van der Waals surface area contributed by atoms with Crippen molar-refractivity contribution in [1.82, 2.24) is 5.32 Å². The fraction of sp³-hybridized carbons (Fsp3) is 0.417. The molecule has 1 N–H and O–H groups in total. The van der Waals surface area contributed by atoms with E-state index in [2.05, 4.69) is 15.9 Å². The Morgan fingerprint density at radius 2 is 1.84 bits per heavy atom. The smallest absolute Gasteiger partial charge is 0.348 e. The van der Waals surface area contributed by atoms with Gasteiger partial charge >= 0.3 is 12.3 Å². The van der Waals surface area contributed by atoms with E-state index in [1.165, 1.54) is 6.92 Å². The lowest BCUT2D eigenvalue weighted by Crippen LogP contribution is -2.48. The number of rotatable bonds is 5. The first-order valence-corrected chi connectivity index (χ1v) is 6.24. The molecule has 7 heteroatoms. The number of carbonyl (C=O) groups excluding carboxylic acids is 1. The van der Waals surface area contributed by atoms with Crippen LogP contribution in [0, 0.1) is 0 Å². The van der Waals surface area contributed by atoms with Crippen molar-refractivity contribution in [3.05, 3.63) is 34.3 Å². The molecule has 0 aliphatic rings. The third kappa shape index (κ3) is 4.49. The van der Waals surface area contributed by atoms with Crippen molar-refractivity contribution in [3.63, 3.8) is 0 Å². The Kier molecular flexibility index (Phi) is 5.34. The van der Waals surface area contributed by atoms with Gasteiger partial charge in [-0.2, -0.15) is 8.78 Å². The van der Waals surface area contributed by atoms with Crippen LogP contribution in [0.15, 0.2) is 28.7 Å². The summed E-state index contributed by atoms with van der Waals surface area (Å²) in [5, 5.41) is 1.88. The third-order valence-electron chi connectivity index (χ3n) is 2.41. The van der Waals surface area contributed by atoms with Gasteiger partial charge in [0, 0.05) is 10.5 Å². The van der Waals surface area contributed by atoms with Gasteiger partial charge in [0.15, 0.2) is 0 Å². The summed E-state index contributed by atoms with van der Waals surface area (Å²) in [6, 6.07) is 6.35. The molecular formula is C12H12BrF4NO. The molecule has 106 valence electrons. The van der Waals surface area contributed by atoms with Crippen LogP contribution in [0.25, 0.3) is 0 Å².